The molecule has 5 heteroatoms. The molecule has 122 valence electrons. The highest BCUT2D eigenvalue weighted by molar-refractivity contribution is 6.30. The molecule has 0 atom stereocenters. The molecule has 0 fully saturated rings. The van der Waals surface area contributed by atoms with Crippen molar-refractivity contribution in [2.24, 2.45) is 0 Å². The molecule has 0 saturated heterocycles. The number of carbonyl (C=O) groups is 1. The number of amides is 1. The van der Waals surface area contributed by atoms with Crippen molar-refractivity contribution in [1.82, 2.24) is 4.98 Å². The first-order valence-corrected chi connectivity index (χ1v) is 8.06. The topological polar surface area (TPSA) is 55.1 Å². The van der Waals surface area contributed by atoms with Crippen LogP contribution in [-0.2, 0) is 11.2 Å². The van der Waals surface area contributed by atoms with E-state index < -0.39 is 0 Å². The van der Waals surface area contributed by atoms with Gasteiger partial charge in [-0.1, -0.05) is 41.9 Å². The monoisotopic (exact) mass is 340 g/mol. The molecular weight excluding hydrogens is 324 g/mol. The lowest BCUT2D eigenvalue weighted by atomic mass is 10.2. The van der Waals surface area contributed by atoms with Crippen LogP contribution in [-0.4, -0.2) is 10.9 Å². The average Bonchev–Trinajstić information content (AvgIpc) is 3.05. The van der Waals surface area contributed by atoms with Crippen LogP contribution in [0.2, 0.25) is 5.02 Å². The maximum Gasteiger partial charge on any atom is 0.224 e. The molecule has 0 radical (unpaired) electrons. The van der Waals surface area contributed by atoms with Gasteiger partial charge in [-0.25, -0.2) is 4.98 Å². The van der Waals surface area contributed by atoms with E-state index >= 15 is 0 Å². The quantitative estimate of drug-likeness (QED) is 0.720. The molecule has 24 heavy (non-hydrogen) atoms. The van der Waals surface area contributed by atoms with Crippen LogP contribution in [0.4, 0.5) is 5.69 Å². The van der Waals surface area contributed by atoms with Gasteiger partial charge in [-0.15, -0.1) is 0 Å². The molecule has 0 aliphatic rings. The SMILES string of the molecule is Cc1cc(Cl)ccc1NC(=O)CCc1ncc(-c2ccccc2)o1. The molecule has 0 spiro atoms. The largest absolute Gasteiger partial charge is 0.441 e. The van der Waals surface area contributed by atoms with Crippen LogP contribution in [0.5, 0.6) is 0 Å². The van der Waals surface area contributed by atoms with Crippen molar-refractivity contribution in [3.05, 3.63) is 71.2 Å². The van der Waals surface area contributed by atoms with Crippen LogP contribution in [0.25, 0.3) is 11.3 Å². The number of hydrogen-bond donors (Lipinski definition) is 1. The minimum Gasteiger partial charge on any atom is -0.441 e. The summed E-state index contributed by atoms with van der Waals surface area (Å²) in [4.78, 5) is 16.3. The van der Waals surface area contributed by atoms with E-state index in [0.717, 1.165) is 16.8 Å². The fraction of sp³-hybridized carbons (Fsp3) is 0.158. The van der Waals surface area contributed by atoms with E-state index in [-0.39, 0.29) is 5.91 Å². The van der Waals surface area contributed by atoms with E-state index in [0.29, 0.717) is 29.5 Å². The molecule has 0 bridgehead atoms. The number of nitrogens with zero attached hydrogens (tertiary/aromatic N) is 1. The first-order valence-electron chi connectivity index (χ1n) is 7.68. The van der Waals surface area contributed by atoms with Gasteiger partial charge in [0.05, 0.1) is 6.20 Å². The highest BCUT2D eigenvalue weighted by Crippen LogP contribution is 2.21. The Morgan fingerprint density at radius 3 is 2.75 bits per heavy atom. The van der Waals surface area contributed by atoms with Crippen molar-refractivity contribution in [3.63, 3.8) is 0 Å². The minimum absolute atomic E-state index is 0.0834. The Labute approximate surface area is 145 Å². The number of nitrogens with one attached hydrogen (secondary N) is 1. The molecule has 1 aromatic heterocycles. The van der Waals surface area contributed by atoms with E-state index in [4.69, 9.17) is 16.0 Å². The number of benzene rings is 2. The second-order valence-corrected chi connectivity index (χ2v) is 5.93. The van der Waals surface area contributed by atoms with E-state index in [9.17, 15) is 4.79 Å². The van der Waals surface area contributed by atoms with Gasteiger partial charge >= 0.3 is 0 Å². The molecule has 0 aliphatic heterocycles. The van der Waals surface area contributed by atoms with Gasteiger partial charge < -0.3 is 9.73 Å². The van der Waals surface area contributed by atoms with Gasteiger partial charge in [0.1, 0.15) is 0 Å². The van der Waals surface area contributed by atoms with Gasteiger partial charge in [0, 0.05) is 29.1 Å². The van der Waals surface area contributed by atoms with E-state index in [2.05, 4.69) is 10.3 Å². The number of oxazole rings is 1. The Bertz CT molecular complexity index is 844. The molecule has 1 heterocycles. The summed E-state index contributed by atoms with van der Waals surface area (Å²) < 4.78 is 5.70. The number of anilines is 1. The summed E-state index contributed by atoms with van der Waals surface area (Å²) in [5, 5.41) is 3.53. The maximum atomic E-state index is 12.1. The first kappa shape index (κ1) is 16.3. The van der Waals surface area contributed by atoms with Crippen molar-refractivity contribution in [2.75, 3.05) is 5.32 Å². The number of aryl methyl sites for hydroxylation is 2. The number of carbonyl (C=O) groups excluding carboxylic acids is 1. The minimum atomic E-state index is -0.0834. The second-order valence-electron chi connectivity index (χ2n) is 5.49. The predicted molar refractivity (Wildman–Crippen MR) is 95.1 cm³/mol. The Morgan fingerprint density at radius 2 is 2.00 bits per heavy atom. The van der Waals surface area contributed by atoms with Crippen LogP contribution in [0.1, 0.15) is 17.9 Å². The lowest BCUT2D eigenvalue weighted by Gasteiger charge is -2.08. The van der Waals surface area contributed by atoms with Crippen molar-refractivity contribution < 1.29 is 9.21 Å². The molecule has 1 N–H and O–H groups in total. The molecule has 2 aromatic carbocycles. The van der Waals surface area contributed by atoms with Crippen LogP contribution < -0.4 is 5.32 Å². The molecule has 0 aliphatic carbocycles. The van der Waals surface area contributed by atoms with E-state index in [1.54, 1.807) is 18.3 Å². The molecule has 0 saturated carbocycles. The van der Waals surface area contributed by atoms with Crippen LogP contribution in [0.3, 0.4) is 0 Å². The number of aromatic nitrogens is 1. The molecule has 4 nitrogen and oxygen atoms in total. The standard InChI is InChI=1S/C19H17ClN2O2/c1-13-11-15(20)7-8-16(13)22-18(23)9-10-19-21-12-17(24-19)14-5-3-2-4-6-14/h2-8,11-12H,9-10H2,1H3,(H,22,23). The lowest BCUT2D eigenvalue weighted by molar-refractivity contribution is -0.116. The van der Waals surface area contributed by atoms with Gasteiger partial charge in [-0.05, 0) is 30.7 Å². The highest BCUT2D eigenvalue weighted by atomic mass is 35.5. The van der Waals surface area contributed by atoms with Crippen LogP contribution >= 0.6 is 11.6 Å². The fourth-order valence-electron chi connectivity index (χ4n) is 2.36. The zero-order valence-electron chi connectivity index (χ0n) is 13.3. The van der Waals surface area contributed by atoms with Crippen molar-refractivity contribution in [1.29, 1.82) is 0 Å². The summed E-state index contributed by atoms with van der Waals surface area (Å²) in [6, 6.07) is 15.1. The average molecular weight is 341 g/mol. The highest BCUT2D eigenvalue weighted by Gasteiger charge is 2.10. The summed E-state index contributed by atoms with van der Waals surface area (Å²) in [5.41, 5.74) is 2.66. The van der Waals surface area contributed by atoms with Gasteiger partial charge in [-0.2, -0.15) is 0 Å². The summed E-state index contributed by atoms with van der Waals surface area (Å²) in [5.74, 6) is 1.18. The van der Waals surface area contributed by atoms with Gasteiger partial charge in [0.15, 0.2) is 11.7 Å². The summed E-state index contributed by atoms with van der Waals surface area (Å²) in [6.45, 7) is 1.90. The van der Waals surface area contributed by atoms with Gasteiger partial charge in [0.25, 0.3) is 0 Å². The van der Waals surface area contributed by atoms with Gasteiger partial charge in [0.2, 0.25) is 5.91 Å². The van der Waals surface area contributed by atoms with E-state index in [1.807, 2.05) is 43.3 Å². The molecule has 3 aromatic rings. The van der Waals surface area contributed by atoms with Crippen molar-refractivity contribution >= 4 is 23.2 Å². The third-order valence-corrected chi connectivity index (χ3v) is 3.88. The number of rotatable bonds is 5. The Balaban J connectivity index is 1.58. The predicted octanol–water partition coefficient (Wildman–Crippen LogP) is 4.87. The molecular formula is C19H17ClN2O2. The van der Waals surface area contributed by atoms with E-state index in [1.165, 1.54) is 0 Å². The smallest absolute Gasteiger partial charge is 0.224 e. The zero-order valence-corrected chi connectivity index (χ0v) is 14.0. The summed E-state index contributed by atoms with van der Waals surface area (Å²) in [6.07, 6.45) is 2.44. The normalized spacial score (nSPS) is 10.6. The molecule has 3 rings (SSSR count). The number of hydrogen-bond acceptors (Lipinski definition) is 3. The third kappa shape index (κ3) is 4.03. The Morgan fingerprint density at radius 1 is 1.21 bits per heavy atom. The summed E-state index contributed by atoms with van der Waals surface area (Å²) in [7, 11) is 0. The number of halogens is 1. The van der Waals surface area contributed by atoms with Crippen LogP contribution in [0, 0.1) is 6.92 Å². The Kier molecular flexibility index (Phi) is 4.96. The molecule has 1 amide bonds. The second kappa shape index (κ2) is 7.32. The zero-order chi connectivity index (χ0) is 16.9. The summed E-state index contributed by atoms with van der Waals surface area (Å²) >= 11 is 5.91. The Hall–Kier alpha value is -2.59. The van der Waals surface area contributed by atoms with Crippen LogP contribution in [0.15, 0.2) is 59.1 Å². The van der Waals surface area contributed by atoms with Gasteiger partial charge in [-0.3, -0.25) is 4.79 Å². The maximum absolute atomic E-state index is 12.1. The fourth-order valence-corrected chi connectivity index (χ4v) is 2.59. The molecule has 0 unspecified atom stereocenters. The van der Waals surface area contributed by atoms with Crippen molar-refractivity contribution in [3.8, 4) is 11.3 Å². The third-order valence-electron chi connectivity index (χ3n) is 3.64. The van der Waals surface area contributed by atoms with Crippen molar-refractivity contribution in [2.45, 2.75) is 19.8 Å². The lowest BCUT2D eigenvalue weighted by Crippen LogP contribution is -2.13. The first-order chi connectivity index (χ1) is 11.6.